The number of fused-ring (bicyclic) bond motifs is 2. The van der Waals surface area contributed by atoms with E-state index in [1.807, 2.05) is 13.8 Å². The third kappa shape index (κ3) is 5.62. The number of carbonyl (C=O) groups is 1. The smallest absolute Gasteiger partial charge is 0.573 e. The predicted molar refractivity (Wildman–Crippen MR) is 102 cm³/mol. The van der Waals surface area contributed by atoms with Crippen LogP contribution < -0.4 is 9.47 Å². The number of halogens is 3. The van der Waals surface area contributed by atoms with Crippen molar-refractivity contribution in [3.8, 4) is 11.5 Å². The molecule has 1 aromatic carbocycles. The molecule has 2 aliphatic rings. The van der Waals surface area contributed by atoms with Crippen molar-refractivity contribution in [3.05, 3.63) is 23.8 Å². The van der Waals surface area contributed by atoms with Gasteiger partial charge in [-0.2, -0.15) is 0 Å². The van der Waals surface area contributed by atoms with E-state index in [-0.39, 0.29) is 23.1 Å². The fourth-order valence-electron chi connectivity index (χ4n) is 4.72. The number of alkyl halides is 3. The molecule has 0 amide bonds. The number of carbonyl (C=O) groups excluding carboxylic acids is 1. The quantitative estimate of drug-likeness (QED) is 0.424. The molecule has 0 spiro atoms. The van der Waals surface area contributed by atoms with Gasteiger partial charge in [0.2, 0.25) is 0 Å². The van der Waals surface area contributed by atoms with Gasteiger partial charge in [0, 0.05) is 0 Å². The van der Waals surface area contributed by atoms with Crippen LogP contribution in [0.5, 0.6) is 11.5 Å². The summed E-state index contributed by atoms with van der Waals surface area (Å²) < 4.78 is 85.8. The fraction of sp³-hybridized carbons (Fsp3) is 0.650. The molecule has 0 heterocycles. The van der Waals surface area contributed by atoms with E-state index in [4.69, 9.17) is 9.47 Å². The zero-order valence-electron chi connectivity index (χ0n) is 17.1. The largest absolute Gasteiger partial charge is 0.748 e. The van der Waals surface area contributed by atoms with Crippen molar-refractivity contribution in [2.75, 3.05) is 12.4 Å². The van der Waals surface area contributed by atoms with Crippen LogP contribution in [0.2, 0.25) is 0 Å². The van der Waals surface area contributed by atoms with E-state index in [1.54, 1.807) is 0 Å². The van der Waals surface area contributed by atoms with E-state index in [2.05, 4.69) is 4.74 Å². The molecule has 7 nitrogen and oxygen atoms in total. The molecule has 31 heavy (non-hydrogen) atoms. The Balaban J connectivity index is 1.88. The summed E-state index contributed by atoms with van der Waals surface area (Å²) in [5.74, 6) is -2.05. The van der Waals surface area contributed by atoms with Crippen LogP contribution in [0.25, 0.3) is 0 Å². The Morgan fingerprint density at radius 2 is 1.97 bits per heavy atom. The molecule has 1 aromatic rings. The van der Waals surface area contributed by atoms with Gasteiger partial charge in [-0.05, 0) is 61.6 Å². The van der Waals surface area contributed by atoms with Gasteiger partial charge < -0.3 is 18.8 Å². The number of hydrogen-bond acceptors (Lipinski definition) is 7. The van der Waals surface area contributed by atoms with Crippen molar-refractivity contribution >= 4 is 16.1 Å². The SMILES string of the molecule is CC(C)C1(Oc2cc(C(=O)OCCS(=O)(=O)[O-])ccc2OC(F)(F)F)CC2CCC1C2. The number of benzene rings is 1. The number of esters is 1. The topological polar surface area (TPSA) is 102 Å². The van der Waals surface area contributed by atoms with Crippen molar-refractivity contribution in [2.24, 2.45) is 17.8 Å². The lowest BCUT2D eigenvalue weighted by molar-refractivity contribution is -0.275. The molecular formula is C20H24F3O7S-. The van der Waals surface area contributed by atoms with Crippen molar-refractivity contribution in [1.29, 1.82) is 0 Å². The maximum atomic E-state index is 12.9. The molecule has 0 aliphatic heterocycles. The Morgan fingerprint density at radius 3 is 2.48 bits per heavy atom. The molecule has 2 bridgehead atoms. The first-order valence-electron chi connectivity index (χ1n) is 9.98. The van der Waals surface area contributed by atoms with Crippen LogP contribution in [-0.2, 0) is 14.9 Å². The Labute approximate surface area is 178 Å². The highest BCUT2D eigenvalue weighted by Crippen LogP contribution is 2.56. The van der Waals surface area contributed by atoms with Crippen molar-refractivity contribution < 1.29 is 45.1 Å². The molecule has 3 atom stereocenters. The van der Waals surface area contributed by atoms with Crippen LogP contribution in [0.15, 0.2) is 18.2 Å². The highest BCUT2D eigenvalue weighted by molar-refractivity contribution is 7.85. The van der Waals surface area contributed by atoms with Gasteiger partial charge in [0.05, 0.1) is 21.4 Å². The molecule has 2 saturated carbocycles. The van der Waals surface area contributed by atoms with Crippen molar-refractivity contribution in [3.63, 3.8) is 0 Å². The van der Waals surface area contributed by atoms with E-state index in [1.165, 1.54) is 0 Å². The summed E-state index contributed by atoms with van der Waals surface area (Å²) in [6.07, 6.45) is -1.33. The number of ether oxygens (including phenoxy) is 3. The van der Waals surface area contributed by atoms with Gasteiger partial charge in [-0.25, -0.2) is 13.2 Å². The van der Waals surface area contributed by atoms with Crippen LogP contribution in [-0.4, -0.2) is 43.3 Å². The predicted octanol–water partition coefficient (Wildman–Crippen LogP) is 3.88. The lowest BCUT2D eigenvalue weighted by Gasteiger charge is -2.42. The molecule has 0 N–H and O–H groups in total. The standard InChI is InChI=1S/C20H25F3O7S/c1-12(2)19(11-13-3-5-15(19)9-13)29-17-10-14(4-6-16(17)30-20(21,22)23)18(24)28-7-8-31(25,26)27/h4,6,10,12-13,15H,3,5,7-9,11H2,1-2H3,(H,25,26,27)/p-1. The third-order valence-corrected chi connectivity index (χ3v) is 6.76. The van der Waals surface area contributed by atoms with E-state index in [9.17, 15) is 30.9 Å². The van der Waals surface area contributed by atoms with Crippen LogP contribution in [0.1, 0.15) is 49.9 Å². The van der Waals surface area contributed by atoms with Gasteiger partial charge in [0.1, 0.15) is 12.2 Å². The second-order valence-electron chi connectivity index (χ2n) is 8.40. The minimum Gasteiger partial charge on any atom is -0.748 e. The summed E-state index contributed by atoms with van der Waals surface area (Å²) in [6, 6.07) is 3.13. The van der Waals surface area contributed by atoms with Crippen LogP contribution >= 0.6 is 0 Å². The summed E-state index contributed by atoms with van der Waals surface area (Å²) in [5.41, 5.74) is -0.818. The molecule has 2 fully saturated rings. The average molecular weight is 465 g/mol. The maximum absolute atomic E-state index is 12.9. The van der Waals surface area contributed by atoms with E-state index < -0.39 is 46.2 Å². The minimum atomic E-state index is -4.96. The molecule has 0 saturated heterocycles. The Kier molecular flexibility index (Phi) is 6.48. The fourth-order valence-corrected chi connectivity index (χ4v) is 5.01. The second-order valence-corrected chi connectivity index (χ2v) is 9.92. The van der Waals surface area contributed by atoms with Gasteiger partial charge >= 0.3 is 12.3 Å². The molecule has 0 aromatic heterocycles. The second kappa shape index (κ2) is 8.50. The molecule has 11 heteroatoms. The van der Waals surface area contributed by atoms with Crippen LogP contribution in [0.4, 0.5) is 13.2 Å². The maximum Gasteiger partial charge on any atom is 0.573 e. The normalized spacial score (nSPS) is 25.6. The summed E-state index contributed by atoms with van der Waals surface area (Å²) in [5, 5.41) is 0. The highest BCUT2D eigenvalue weighted by atomic mass is 32.2. The van der Waals surface area contributed by atoms with Crippen LogP contribution in [0, 0.1) is 17.8 Å². The molecule has 2 aliphatic carbocycles. The number of rotatable bonds is 8. The molecule has 3 rings (SSSR count). The van der Waals surface area contributed by atoms with Crippen molar-refractivity contribution in [2.45, 2.75) is 51.5 Å². The van der Waals surface area contributed by atoms with Gasteiger partial charge in [-0.15, -0.1) is 13.2 Å². The third-order valence-electron chi connectivity index (χ3n) is 6.09. The van der Waals surface area contributed by atoms with Gasteiger partial charge in [0.25, 0.3) is 0 Å². The average Bonchev–Trinajstić information content (AvgIpc) is 3.22. The first-order valence-corrected chi connectivity index (χ1v) is 11.6. The molecule has 174 valence electrons. The Bertz CT molecular complexity index is 929. The summed E-state index contributed by atoms with van der Waals surface area (Å²) >= 11 is 0. The lowest BCUT2D eigenvalue weighted by Crippen LogP contribution is -2.46. The van der Waals surface area contributed by atoms with E-state index in [0.29, 0.717) is 12.3 Å². The van der Waals surface area contributed by atoms with Crippen molar-refractivity contribution in [1.82, 2.24) is 0 Å². The van der Waals surface area contributed by atoms with Gasteiger partial charge in [0.15, 0.2) is 11.5 Å². The Morgan fingerprint density at radius 1 is 1.26 bits per heavy atom. The molecule has 3 unspecified atom stereocenters. The Hall–Kier alpha value is -2.01. The molecular weight excluding hydrogens is 441 g/mol. The van der Waals surface area contributed by atoms with Gasteiger partial charge in [-0.1, -0.05) is 13.8 Å². The first-order chi connectivity index (χ1) is 14.3. The monoisotopic (exact) mass is 465 g/mol. The molecule has 0 radical (unpaired) electrons. The zero-order chi connectivity index (χ0) is 23.0. The van der Waals surface area contributed by atoms with Gasteiger partial charge in [-0.3, -0.25) is 0 Å². The summed E-state index contributed by atoms with van der Waals surface area (Å²) in [7, 11) is -4.57. The van der Waals surface area contributed by atoms with E-state index >= 15 is 0 Å². The van der Waals surface area contributed by atoms with E-state index in [0.717, 1.165) is 37.5 Å². The summed E-state index contributed by atoms with van der Waals surface area (Å²) in [6.45, 7) is 3.24. The minimum absolute atomic E-state index is 0.0133. The zero-order valence-corrected chi connectivity index (χ0v) is 17.9. The van der Waals surface area contributed by atoms with Crippen LogP contribution in [0.3, 0.4) is 0 Å². The number of hydrogen-bond donors (Lipinski definition) is 0. The lowest BCUT2D eigenvalue weighted by atomic mass is 9.76. The summed E-state index contributed by atoms with van der Waals surface area (Å²) in [4.78, 5) is 12.2. The highest BCUT2D eigenvalue weighted by Gasteiger charge is 2.55. The first kappa shape index (κ1) is 23.6.